The van der Waals surface area contributed by atoms with Crippen molar-refractivity contribution in [3.05, 3.63) is 35.9 Å². The number of benzene rings is 1. The molecule has 2 aliphatic heterocycles. The number of nitrogens with one attached hydrogen (secondary N) is 1. The van der Waals surface area contributed by atoms with Gasteiger partial charge in [0.15, 0.2) is 0 Å². The van der Waals surface area contributed by atoms with Crippen LogP contribution < -0.4 is 5.32 Å². The van der Waals surface area contributed by atoms with E-state index in [0.717, 1.165) is 62.0 Å². The highest BCUT2D eigenvalue weighted by molar-refractivity contribution is 5.91. The van der Waals surface area contributed by atoms with Crippen LogP contribution in [0, 0.1) is 29.1 Å². The lowest BCUT2D eigenvalue weighted by Crippen LogP contribution is -2.58. The molecule has 2 heterocycles. The summed E-state index contributed by atoms with van der Waals surface area (Å²) in [6.45, 7) is 2.49. The van der Waals surface area contributed by atoms with Crippen molar-refractivity contribution in [1.29, 1.82) is 0 Å². The highest BCUT2D eigenvalue weighted by Gasteiger charge is 2.57. The van der Waals surface area contributed by atoms with Crippen LogP contribution in [0.1, 0.15) is 69.8 Å². The number of piperidine rings is 1. The number of nitrogens with zero attached hydrogens (tertiary/aromatic N) is 2. The zero-order valence-corrected chi connectivity index (χ0v) is 20.8. The minimum atomic E-state index is -0.293. The van der Waals surface area contributed by atoms with Crippen molar-refractivity contribution in [2.24, 2.45) is 29.1 Å². The molecule has 3 amide bonds. The molecular weight excluding hydrogens is 438 g/mol. The number of hydrogen-bond acceptors (Lipinski definition) is 3. The van der Waals surface area contributed by atoms with Crippen molar-refractivity contribution in [2.75, 3.05) is 19.6 Å². The van der Waals surface area contributed by atoms with Gasteiger partial charge in [-0.25, -0.2) is 0 Å². The molecular formula is C29H39N3O3. The largest absolute Gasteiger partial charge is 0.352 e. The molecule has 0 unspecified atom stereocenters. The van der Waals surface area contributed by atoms with Gasteiger partial charge in [0, 0.05) is 32.1 Å². The fourth-order valence-corrected chi connectivity index (χ4v) is 8.45. The van der Waals surface area contributed by atoms with Crippen LogP contribution in [0.5, 0.6) is 0 Å². The molecule has 6 heteroatoms. The summed E-state index contributed by atoms with van der Waals surface area (Å²) in [5.41, 5.74) is 0.917. The van der Waals surface area contributed by atoms with Gasteiger partial charge in [-0.3, -0.25) is 14.4 Å². The first-order chi connectivity index (χ1) is 17.0. The number of rotatable bonds is 5. The van der Waals surface area contributed by atoms with Crippen LogP contribution >= 0.6 is 0 Å². The van der Waals surface area contributed by atoms with Gasteiger partial charge < -0.3 is 15.1 Å². The maximum absolute atomic E-state index is 13.9. The molecule has 2 saturated heterocycles. The Balaban J connectivity index is 1.04. The monoisotopic (exact) mass is 477 g/mol. The van der Waals surface area contributed by atoms with Crippen LogP contribution in [0.25, 0.3) is 0 Å². The summed E-state index contributed by atoms with van der Waals surface area (Å²) in [5.74, 6) is 2.64. The van der Waals surface area contributed by atoms with Crippen LogP contribution in [-0.2, 0) is 20.9 Å². The third-order valence-electron chi connectivity index (χ3n) is 9.78. The maximum atomic E-state index is 13.9. The van der Waals surface area contributed by atoms with Gasteiger partial charge in [-0.1, -0.05) is 30.3 Å². The molecule has 0 spiro atoms. The van der Waals surface area contributed by atoms with E-state index in [1.165, 1.54) is 19.3 Å². The Hall–Kier alpha value is -2.37. The molecule has 6 nitrogen and oxygen atoms in total. The maximum Gasteiger partial charge on any atom is 0.245 e. The molecule has 0 radical (unpaired) electrons. The number of likely N-dealkylation sites (tertiary alicyclic amines) is 2. The lowest BCUT2D eigenvalue weighted by molar-refractivity contribution is -0.162. The first-order valence-electron chi connectivity index (χ1n) is 13.9. The molecule has 1 aromatic carbocycles. The average Bonchev–Trinajstić information content (AvgIpc) is 3.36. The second-order valence-corrected chi connectivity index (χ2v) is 12.2. The van der Waals surface area contributed by atoms with Crippen molar-refractivity contribution in [1.82, 2.24) is 15.1 Å². The number of hydrogen-bond donors (Lipinski definition) is 1. The Bertz CT molecular complexity index is 933. The fraction of sp³-hybridized carbons (Fsp3) is 0.690. The van der Waals surface area contributed by atoms with Gasteiger partial charge in [-0.05, 0) is 87.5 Å². The van der Waals surface area contributed by atoms with Crippen LogP contribution in [0.2, 0.25) is 0 Å². The molecule has 1 aromatic rings. The van der Waals surface area contributed by atoms with Gasteiger partial charge in [0.25, 0.3) is 0 Å². The summed E-state index contributed by atoms with van der Waals surface area (Å²) < 4.78 is 0. The normalized spacial score (nSPS) is 34.3. The van der Waals surface area contributed by atoms with Crippen molar-refractivity contribution in [3.8, 4) is 0 Å². The molecule has 4 saturated carbocycles. The first kappa shape index (κ1) is 23.1. The van der Waals surface area contributed by atoms with E-state index in [1.54, 1.807) is 0 Å². The lowest BCUT2D eigenvalue weighted by Gasteiger charge is -2.56. The van der Waals surface area contributed by atoms with Gasteiger partial charge in [0.1, 0.15) is 6.04 Å². The van der Waals surface area contributed by atoms with E-state index >= 15 is 0 Å². The Morgan fingerprint density at radius 2 is 1.49 bits per heavy atom. The minimum Gasteiger partial charge on any atom is -0.352 e. The zero-order valence-electron chi connectivity index (χ0n) is 20.8. The molecule has 1 atom stereocenters. The van der Waals surface area contributed by atoms with Gasteiger partial charge in [-0.15, -0.1) is 0 Å². The summed E-state index contributed by atoms with van der Waals surface area (Å²) in [4.78, 5) is 44.1. The third kappa shape index (κ3) is 4.38. The molecule has 188 valence electrons. The van der Waals surface area contributed by atoms with Crippen LogP contribution in [-0.4, -0.2) is 53.2 Å². The van der Waals surface area contributed by atoms with E-state index in [9.17, 15) is 14.4 Å². The second kappa shape index (κ2) is 9.25. The average molecular weight is 478 g/mol. The molecule has 7 rings (SSSR count). The van der Waals surface area contributed by atoms with E-state index in [0.29, 0.717) is 38.4 Å². The van der Waals surface area contributed by atoms with Crippen molar-refractivity contribution < 1.29 is 14.4 Å². The second-order valence-electron chi connectivity index (χ2n) is 12.2. The SMILES string of the molecule is O=C(NCc1ccccc1)C1CCN(C(=O)[C@H]2CCCN2C(=O)C23CC4CC(CC(C4)C2)C3)CC1. The summed E-state index contributed by atoms with van der Waals surface area (Å²) in [6, 6.07) is 9.66. The number of amides is 3. The highest BCUT2D eigenvalue weighted by Crippen LogP contribution is 2.60. The molecule has 6 aliphatic rings. The van der Waals surface area contributed by atoms with Crippen molar-refractivity contribution in [3.63, 3.8) is 0 Å². The molecule has 0 aromatic heterocycles. The third-order valence-corrected chi connectivity index (χ3v) is 9.78. The standard InChI is InChI=1S/C29H39N3O3/c33-26(30-19-20-5-2-1-3-6-20)24-8-11-31(12-9-24)27(34)25-7-4-10-32(25)28(35)29-16-21-13-22(17-29)15-23(14-21)18-29/h1-3,5-6,21-25H,4,7-19H2,(H,30,33)/t21?,22?,23?,25-,29?/m1/s1. The Kier molecular flexibility index (Phi) is 6.10. The van der Waals surface area contributed by atoms with Gasteiger partial charge in [0.05, 0.1) is 5.41 Å². The lowest BCUT2D eigenvalue weighted by atomic mass is 9.49. The van der Waals surface area contributed by atoms with Gasteiger partial charge in [-0.2, -0.15) is 0 Å². The quantitative estimate of drug-likeness (QED) is 0.702. The van der Waals surface area contributed by atoms with E-state index in [1.807, 2.05) is 40.1 Å². The Morgan fingerprint density at radius 1 is 0.857 bits per heavy atom. The highest BCUT2D eigenvalue weighted by atomic mass is 16.2. The molecule has 1 N–H and O–H groups in total. The molecule has 6 fully saturated rings. The van der Waals surface area contributed by atoms with Crippen LogP contribution in [0.4, 0.5) is 0 Å². The molecule has 35 heavy (non-hydrogen) atoms. The topological polar surface area (TPSA) is 69.7 Å². The Labute approximate surface area is 208 Å². The van der Waals surface area contributed by atoms with Crippen molar-refractivity contribution >= 4 is 17.7 Å². The zero-order chi connectivity index (χ0) is 24.0. The first-order valence-corrected chi connectivity index (χ1v) is 13.9. The summed E-state index contributed by atoms with van der Waals surface area (Å²) in [5, 5.41) is 3.06. The van der Waals surface area contributed by atoms with Crippen LogP contribution in [0.3, 0.4) is 0 Å². The fourth-order valence-electron chi connectivity index (χ4n) is 8.45. The Morgan fingerprint density at radius 3 is 2.11 bits per heavy atom. The van der Waals surface area contributed by atoms with Crippen LogP contribution in [0.15, 0.2) is 30.3 Å². The summed E-state index contributed by atoms with van der Waals surface area (Å²) in [7, 11) is 0. The summed E-state index contributed by atoms with van der Waals surface area (Å²) >= 11 is 0. The van der Waals surface area contributed by atoms with E-state index < -0.39 is 0 Å². The van der Waals surface area contributed by atoms with Crippen molar-refractivity contribution in [2.45, 2.75) is 76.8 Å². The number of carbonyl (C=O) groups is 3. The molecule has 4 bridgehead atoms. The number of carbonyl (C=O) groups excluding carboxylic acids is 3. The predicted molar refractivity (Wildman–Crippen MR) is 133 cm³/mol. The van der Waals surface area contributed by atoms with E-state index in [2.05, 4.69) is 5.32 Å². The molecule has 4 aliphatic carbocycles. The van der Waals surface area contributed by atoms with E-state index in [-0.39, 0.29) is 29.2 Å². The predicted octanol–water partition coefficient (Wildman–Crippen LogP) is 3.75. The minimum absolute atomic E-state index is 0.0453. The van der Waals surface area contributed by atoms with Gasteiger partial charge >= 0.3 is 0 Å². The van der Waals surface area contributed by atoms with Gasteiger partial charge in [0.2, 0.25) is 17.7 Å². The summed E-state index contributed by atoms with van der Waals surface area (Å²) in [6.07, 6.45) is 10.2. The smallest absolute Gasteiger partial charge is 0.245 e. The van der Waals surface area contributed by atoms with E-state index in [4.69, 9.17) is 0 Å².